The molecule has 1 aromatic heterocycles. The predicted molar refractivity (Wildman–Crippen MR) is 83.2 cm³/mol. The summed E-state index contributed by atoms with van der Waals surface area (Å²) in [6.45, 7) is 4.01. The highest BCUT2D eigenvalue weighted by Gasteiger charge is 2.20. The summed E-state index contributed by atoms with van der Waals surface area (Å²) in [5, 5.41) is 3.55. The number of nitrogens with one attached hydrogen (secondary N) is 1. The van der Waals surface area contributed by atoms with E-state index < -0.39 is 0 Å². The Bertz CT molecular complexity index is 549. The number of benzene rings is 1. The Balaban J connectivity index is 1.78. The van der Waals surface area contributed by atoms with Crippen LogP contribution in [-0.2, 0) is 6.54 Å². The molecule has 0 amide bonds. The summed E-state index contributed by atoms with van der Waals surface area (Å²) in [5.74, 6) is 1.02. The van der Waals surface area contributed by atoms with Gasteiger partial charge in [0.1, 0.15) is 5.82 Å². The average molecular weight is 267 g/mol. The van der Waals surface area contributed by atoms with Gasteiger partial charge >= 0.3 is 0 Å². The lowest BCUT2D eigenvalue weighted by Crippen LogP contribution is -2.19. The molecule has 3 rings (SSSR count). The van der Waals surface area contributed by atoms with Gasteiger partial charge in [0.05, 0.1) is 0 Å². The fourth-order valence-corrected chi connectivity index (χ4v) is 2.35. The van der Waals surface area contributed by atoms with E-state index in [1.54, 1.807) is 0 Å². The predicted octanol–water partition coefficient (Wildman–Crippen LogP) is 3.49. The van der Waals surface area contributed by atoms with Gasteiger partial charge in [-0.1, -0.05) is 18.2 Å². The van der Waals surface area contributed by atoms with Gasteiger partial charge in [-0.2, -0.15) is 0 Å². The van der Waals surface area contributed by atoms with Gasteiger partial charge in [0.25, 0.3) is 0 Å². The van der Waals surface area contributed by atoms with Crippen LogP contribution >= 0.6 is 0 Å². The van der Waals surface area contributed by atoms with Gasteiger partial charge in [-0.15, -0.1) is 0 Å². The Hall–Kier alpha value is -1.87. The number of para-hydroxylation sites is 1. The summed E-state index contributed by atoms with van der Waals surface area (Å²) in [4.78, 5) is 6.76. The third kappa shape index (κ3) is 3.17. The monoisotopic (exact) mass is 267 g/mol. The largest absolute Gasteiger partial charge is 0.327 e. The van der Waals surface area contributed by atoms with Crippen molar-refractivity contribution in [1.82, 2.24) is 10.3 Å². The number of rotatable bonds is 6. The van der Waals surface area contributed by atoms with Crippen LogP contribution in [-0.4, -0.2) is 17.6 Å². The summed E-state index contributed by atoms with van der Waals surface area (Å²) in [5.41, 5.74) is 2.49. The highest BCUT2D eigenvalue weighted by molar-refractivity contribution is 5.60. The smallest absolute Gasteiger partial charge is 0.133 e. The molecule has 0 radical (unpaired) electrons. The molecule has 0 saturated heterocycles. The minimum absolute atomic E-state index is 0.739. The summed E-state index contributed by atoms with van der Waals surface area (Å²) >= 11 is 0. The van der Waals surface area contributed by atoms with Crippen molar-refractivity contribution >= 4 is 11.5 Å². The average Bonchev–Trinajstić information content (AvgIpc) is 3.32. The van der Waals surface area contributed by atoms with Crippen LogP contribution in [0.15, 0.2) is 48.7 Å². The molecule has 1 heterocycles. The van der Waals surface area contributed by atoms with Gasteiger partial charge in [0, 0.05) is 31.0 Å². The van der Waals surface area contributed by atoms with E-state index in [0.29, 0.717) is 0 Å². The fraction of sp³-hybridized carbons (Fsp3) is 0.353. The fourth-order valence-electron chi connectivity index (χ4n) is 2.35. The van der Waals surface area contributed by atoms with Crippen LogP contribution in [0.4, 0.5) is 11.5 Å². The number of aromatic nitrogens is 1. The molecule has 1 aliphatic carbocycles. The standard InChI is InChI=1S/C17H21N3/c1-2-20(16-6-4-3-5-7-16)17-12-14(10-11-18-17)13-19-15-8-9-15/h3-7,10-12,15,19H,2,8-9,13H2,1H3. The summed E-state index contributed by atoms with van der Waals surface area (Å²) < 4.78 is 0. The first-order chi connectivity index (χ1) is 9.86. The molecule has 20 heavy (non-hydrogen) atoms. The zero-order valence-electron chi connectivity index (χ0n) is 11.9. The molecule has 1 fully saturated rings. The first-order valence-corrected chi connectivity index (χ1v) is 7.37. The summed E-state index contributed by atoms with van der Waals surface area (Å²) in [7, 11) is 0. The minimum atomic E-state index is 0.739. The van der Waals surface area contributed by atoms with E-state index in [9.17, 15) is 0 Å². The summed E-state index contributed by atoms with van der Waals surface area (Å²) in [6, 6.07) is 15.4. The van der Waals surface area contributed by atoms with E-state index in [-0.39, 0.29) is 0 Å². The maximum atomic E-state index is 4.53. The molecule has 1 aromatic carbocycles. The van der Waals surface area contributed by atoms with Crippen molar-refractivity contribution in [2.24, 2.45) is 0 Å². The SMILES string of the molecule is CCN(c1ccccc1)c1cc(CNC2CC2)ccn1. The molecule has 0 aliphatic heterocycles. The third-order valence-electron chi connectivity index (χ3n) is 3.64. The topological polar surface area (TPSA) is 28.2 Å². The summed E-state index contributed by atoms with van der Waals surface area (Å²) in [6.07, 6.45) is 4.55. The van der Waals surface area contributed by atoms with Gasteiger partial charge in [-0.25, -0.2) is 4.98 Å². The lowest BCUT2D eigenvalue weighted by atomic mass is 10.2. The Morgan fingerprint density at radius 2 is 2.00 bits per heavy atom. The van der Waals surface area contributed by atoms with Crippen LogP contribution in [0, 0.1) is 0 Å². The molecule has 0 bridgehead atoms. The van der Waals surface area contributed by atoms with Gasteiger partial charge in [0.15, 0.2) is 0 Å². The zero-order valence-corrected chi connectivity index (χ0v) is 11.9. The maximum absolute atomic E-state index is 4.53. The van der Waals surface area contributed by atoms with E-state index in [1.165, 1.54) is 24.1 Å². The highest BCUT2D eigenvalue weighted by atomic mass is 15.2. The second-order valence-electron chi connectivity index (χ2n) is 5.26. The van der Waals surface area contributed by atoms with Gasteiger partial charge in [-0.05, 0) is 49.6 Å². The molecule has 104 valence electrons. The zero-order chi connectivity index (χ0) is 13.8. The molecule has 3 heteroatoms. The van der Waals surface area contributed by atoms with Crippen molar-refractivity contribution in [1.29, 1.82) is 0 Å². The second kappa shape index (κ2) is 6.06. The van der Waals surface area contributed by atoms with E-state index in [4.69, 9.17) is 0 Å². The Morgan fingerprint density at radius 1 is 1.20 bits per heavy atom. The van der Waals surface area contributed by atoms with Crippen LogP contribution in [0.1, 0.15) is 25.3 Å². The van der Waals surface area contributed by atoms with Crippen molar-refractivity contribution < 1.29 is 0 Å². The Morgan fingerprint density at radius 3 is 2.70 bits per heavy atom. The lowest BCUT2D eigenvalue weighted by Gasteiger charge is -2.22. The van der Waals surface area contributed by atoms with Gasteiger partial charge in [-0.3, -0.25) is 0 Å². The van der Waals surface area contributed by atoms with Crippen molar-refractivity contribution in [2.75, 3.05) is 11.4 Å². The molecule has 3 nitrogen and oxygen atoms in total. The van der Waals surface area contributed by atoms with Crippen LogP contribution in [0.3, 0.4) is 0 Å². The van der Waals surface area contributed by atoms with Gasteiger partial charge < -0.3 is 10.2 Å². The molecule has 0 spiro atoms. The normalized spacial score (nSPS) is 14.2. The second-order valence-corrected chi connectivity index (χ2v) is 5.26. The lowest BCUT2D eigenvalue weighted by molar-refractivity contribution is 0.687. The van der Waals surface area contributed by atoms with E-state index >= 15 is 0 Å². The molecule has 1 aliphatic rings. The van der Waals surface area contributed by atoms with Gasteiger partial charge in [0.2, 0.25) is 0 Å². The van der Waals surface area contributed by atoms with E-state index in [2.05, 4.69) is 58.5 Å². The Kier molecular flexibility index (Phi) is 3.97. The van der Waals surface area contributed by atoms with Crippen LogP contribution < -0.4 is 10.2 Å². The van der Waals surface area contributed by atoms with Crippen molar-refractivity contribution in [2.45, 2.75) is 32.4 Å². The van der Waals surface area contributed by atoms with Crippen LogP contribution in [0.5, 0.6) is 0 Å². The molecular weight excluding hydrogens is 246 g/mol. The Labute approximate surface area is 120 Å². The number of hydrogen-bond acceptors (Lipinski definition) is 3. The number of hydrogen-bond donors (Lipinski definition) is 1. The molecular formula is C17H21N3. The minimum Gasteiger partial charge on any atom is -0.327 e. The molecule has 2 aromatic rings. The van der Waals surface area contributed by atoms with Crippen molar-refractivity contribution in [3.8, 4) is 0 Å². The number of nitrogens with zero attached hydrogens (tertiary/aromatic N) is 2. The molecule has 1 saturated carbocycles. The van der Waals surface area contributed by atoms with Crippen molar-refractivity contribution in [3.63, 3.8) is 0 Å². The molecule has 0 unspecified atom stereocenters. The van der Waals surface area contributed by atoms with Crippen molar-refractivity contribution in [3.05, 3.63) is 54.2 Å². The van der Waals surface area contributed by atoms with Crippen LogP contribution in [0.2, 0.25) is 0 Å². The third-order valence-corrected chi connectivity index (χ3v) is 3.64. The molecule has 0 atom stereocenters. The number of anilines is 2. The first-order valence-electron chi connectivity index (χ1n) is 7.37. The highest BCUT2D eigenvalue weighted by Crippen LogP contribution is 2.24. The van der Waals surface area contributed by atoms with Crippen LogP contribution in [0.25, 0.3) is 0 Å². The quantitative estimate of drug-likeness (QED) is 0.868. The number of pyridine rings is 1. The first kappa shape index (κ1) is 13.1. The molecule has 1 N–H and O–H groups in total. The van der Waals surface area contributed by atoms with E-state index in [1.807, 2.05) is 12.3 Å². The maximum Gasteiger partial charge on any atom is 0.133 e. The van der Waals surface area contributed by atoms with E-state index in [0.717, 1.165) is 24.9 Å².